The second-order valence-electron chi connectivity index (χ2n) is 16.5. The Balaban J connectivity index is 1.91. The van der Waals surface area contributed by atoms with Gasteiger partial charge in [0.05, 0.1) is 19.3 Å². The molecule has 0 aromatic carbocycles. The number of aliphatic carboxylic acids is 1. The molecule has 0 saturated carbocycles. The van der Waals surface area contributed by atoms with Gasteiger partial charge in [0.2, 0.25) is 0 Å². The lowest BCUT2D eigenvalue weighted by Crippen LogP contribution is -2.32. The van der Waals surface area contributed by atoms with Crippen LogP contribution in [0.4, 0.5) is 0 Å². The van der Waals surface area contributed by atoms with E-state index in [2.05, 4.69) is 135 Å². The molecule has 2 rings (SSSR count). The SMILES string of the molecule is CC1=C(/C=C/C(C)=C/C=C/C(C)=C/C=C/C=C(C)/C=C/C=C(C)/C=C/C2=C(C)CC(OC(=O)CCC(=O)N=O)CC2(C)C)C(C)(C)CC(OC(=O)CCC(=O)O)C1. The van der Waals surface area contributed by atoms with Crippen LogP contribution >= 0.6 is 0 Å². The second kappa shape index (κ2) is 23.1. The van der Waals surface area contributed by atoms with E-state index in [0.29, 0.717) is 25.7 Å². The molecule has 57 heavy (non-hydrogen) atoms. The molecule has 1 amide bonds. The predicted molar refractivity (Wildman–Crippen MR) is 229 cm³/mol. The molecular formula is C48H63NO8. The number of carbonyl (C=O) groups is 4. The standard InChI is InChI=1S/C48H63NO8/c1-33(17-13-19-35(3)21-23-41-37(5)29-39(31-47(41,7)8)56-45(53)27-25-43(50)49-55)15-11-12-16-34(2)18-14-20-36(4)22-24-42-38(6)30-40(32-48(42,9)10)57-46(54)28-26-44(51)52/h11-24,39-40H,25-32H2,1-10H3,(H,51,52)/b12-11+,17-13+,18-14+,23-21+,24-22+,33-15+,34-16+,35-19+,36-20+. The summed E-state index contributed by atoms with van der Waals surface area (Å²) in [4.78, 5) is 56.4. The number of rotatable bonds is 18. The van der Waals surface area contributed by atoms with Crippen LogP contribution in [0.3, 0.4) is 0 Å². The second-order valence-corrected chi connectivity index (χ2v) is 16.5. The van der Waals surface area contributed by atoms with Crippen LogP contribution in [0.2, 0.25) is 0 Å². The van der Waals surface area contributed by atoms with Gasteiger partial charge in [0.1, 0.15) is 12.2 Å². The van der Waals surface area contributed by atoms with Crippen LogP contribution in [-0.2, 0) is 28.7 Å². The first-order valence-electron chi connectivity index (χ1n) is 19.7. The van der Waals surface area contributed by atoms with Crippen molar-refractivity contribution in [2.45, 2.75) is 133 Å². The average molecular weight is 782 g/mol. The minimum atomic E-state index is -1.00. The number of hydrogen-bond acceptors (Lipinski definition) is 7. The molecule has 0 aromatic heterocycles. The van der Waals surface area contributed by atoms with Gasteiger partial charge in [-0.25, -0.2) is 0 Å². The predicted octanol–water partition coefficient (Wildman–Crippen LogP) is 11.6. The molecule has 0 fully saturated rings. The molecule has 0 aromatic rings. The van der Waals surface area contributed by atoms with Crippen LogP contribution in [0, 0.1) is 15.7 Å². The molecule has 9 heteroatoms. The molecule has 2 atom stereocenters. The Kier molecular flexibility index (Phi) is 19.5. The number of esters is 2. The summed E-state index contributed by atoms with van der Waals surface area (Å²) in [5.41, 5.74) is 8.84. The van der Waals surface area contributed by atoms with Gasteiger partial charge in [-0.1, -0.05) is 146 Å². The van der Waals surface area contributed by atoms with Crippen molar-refractivity contribution in [2.24, 2.45) is 16.0 Å². The Morgan fingerprint density at radius 2 is 0.982 bits per heavy atom. The largest absolute Gasteiger partial charge is 0.481 e. The number of carboxylic acid groups (broad SMARTS) is 1. The highest BCUT2D eigenvalue weighted by molar-refractivity contribution is 5.81. The average Bonchev–Trinajstić information content (AvgIpc) is 3.10. The lowest BCUT2D eigenvalue weighted by atomic mass is 9.71. The number of carbonyl (C=O) groups excluding carboxylic acids is 3. The van der Waals surface area contributed by atoms with E-state index in [4.69, 9.17) is 14.6 Å². The van der Waals surface area contributed by atoms with Gasteiger partial charge in [0.25, 0.3) is 5.91 Å². The fourth-order valence-corrected chi connectivity index (χ4v) is 7.19. The molecule has 2 aliphatic rings. The van der Waals surface area contributed by atoms with Crippen LogP contribution in [-0.4, -0.2) is 41.1 Å². The van der Waals surface area contributed by atoms with Crippen molar-refractivity contribution in [2.75, 3.05) is 0 Å². The highest BCUT2D eigenvalue weighted by Gasteiger charge is 2.35. The molecule has 1 N–H and O–H groups in total. The van der Waals surface area contributed by atoms with Crippen LogP contribution < -0.4 is 0 Å². The Bertz CT molecular complexity index is 1850. The van der Waals surface area contributed by atoms with Gasteiger partial charge in [-0.05, 0) is 76.4 Å². The van der Waals surface area contributed by atoms with Crippen LogP contribution in [0.15, 0.2) is 135 Å². The molecule has 0 heterocycles. The third-order valence-electron chi connectivity index (χ3n) is 10.00. The third kappa shape index (κ3) is 18.1. The molecule has 9 nitrogen and oxygen atoms in total. The number of nitroso groups, excluding NO2 is 1. The topological polar surface area (TPSA) is 136 Å². The lowest BCUT2D eigenvalue weighted by molar-refractivity contribution is -0.153. The van der Waals surface area contributed by atoms with Crippen molar-refractivity contribution >= 4 is 23.8 Å². The molecule has 2 unspecified atom stereocenters. The number of ether oxygens (including phenoxy) is 2. The summed E-state index contributed by atoms with van der Waals surface area (Å²) in [5, 5.41) is 11.2. The highest BCUT2D eigenvalue weighted by Crippen LogP contribution is 2.43. The van der Waals surface area contributed by atoms with Crippen molar-refractivity contribution in [3.05, 3.63) is 135 Å². The fraction of sp³-hybridized carbons (Fsp3) is 0.458. The van der Waals surface area contributed by atoms with Crippen LogP contribution in [0.25, 0.3) is 0 Å². The Labute approximate surface area is 340 Å². The Morgan fingerprint density at radius 3 is 1.35 bits per heavy atom. The molecular weight excluding hydrogens is 719 g/mol. The van der Waals surface area contributed by atoms with Crippen LogP contribution in [0.1, 0.15) is 121 Å². The number of carboxylic acids is 1. The van der Waals surface area contributed by atoms with Crippen molar-refractivity contribution in [1.82, 2.24) is 0 Å². The van der Waals surface area contributed by atoms with Crippen molar-refractivity contribution < 1.29 is 33.8 Å². The monoisotopic (exact) mass is 781 g/mol. The first-order chi connectivity index (χ1) is 26.7. The quantitative estimate of drug-likeness (QED) is 0.0824. The Morgan fingerprint density at radius 1 is 0.614 bits per heavy atom. The van der Waals surface area contributed by atoms with E-state index < -0.39 is 23.8 Å². The normalized spacial score (nSPS) is 21.1. The van der Waals surface area contributed by atoms with E-state index in [1.54, 1.807) is 0 Å². The molecule has 308 valence electrons. The summed E-state index contributed by atoms with van der Waals surface area (Å²) in [6.45, 7) is 20.9. The maximum absolute atomic E-state index is 12.2. The first kappa shape index (κ1) is 48.0. The minimum Gasteiger partial charge on any atom is -0.481 e. The molecule has 0 saturated heterocycles. The summed E-state index contributed by atoms with van der Waals surface area (Å²) < 4.78 is 11.2. The molecule has 0 spiro atoms. The number of allylic oxidation sites excluding steroid dienone is 20. The van der Waals surface area contributed by atoms with Crippen molar-refractivity contribution in [3.8, 4) is 0 Å². The minimum absolute atomic E-state index is 0.108. The summed E-state index contributed by atoms with van der Waals surface area (Å²) >= 11 is 0. The van der Waals surface area contributed by atoms with E-state index in [1.165, 1.54) is 16.7 Å². The maximum Gasteiger partial charge on any atom is 0.306 e. The van der Waals surface area contributed by atoms with E-state index in [-0.39, 0.29) is 48.7 Å². The zero-order valence-electron chi connectivity index (χ0n) is 35.6. The van der Waals surface area contributed by atoms with Gasteiger partial charge >= 0.3 is 17.9 Å². The zero-order valence-corrected chi connectivity index (χ0v) is 35.6. The molecule has 0 radical (unpaired) electrons. The molecule has 0 aliphatic heterocycles. The van der Waals surface area contributed by atoms with E-state index in [0.717, 1.165) is 27.9 Å². The summed E-state index contributed by atoms with van der Waals surface area (Å²) in [6, 6.07) is 0. The summed E-state index contributed by atoms with van der Waals surface area (Å²) in [6.07, 6.45) is 30.4. The summed E-state index contributed by atoms with van der Waals surface area (Å²) in [7, 11) is 0. The maximum atomic E-state index is 12.2. The van der Waals surface area contributed by atoms with Crippen molar-refractivity contribution in [3.63, 3.8) is 0 Å². The first-order valence-corrected chi connectivity index (χ1v) is 19.7. The third-order valence-corrected chi connectivity index (χ3v) is 10.00. The van der Waals surface area contributed by atoms with E-state index >= 15 is 0 Å². The van der Waals surface area contributed by atoms with Gasteiger partial charge in [0, 0.05) is 24.4 Å². The molecule has 0 bridgehead atoms. The number of nitrogens with zero attached hydrogens (tertiary/aromatic N) is 1. The van der Waals surface area contributed by atoms with Gasteiger partial charge in [0.15, 0.2) is 0 Å². The smallest absolute Gasteiger partial charge is 0.306 e. The van der Waals surface area contributed by atoms with Crippen molar-refractivity contribution in [1.29, 1.82) is 0 Å². The summed E-state index contributed by atoms with van der Waals surface area (Å²) in [5.74, 6) is -2.79. The van der Waals surface area contributed by atoms with Gasteiger partial charge in [-0.2, -0.15) is 0 Å². The number of amides is 1. The highest BCUT2D eigenvalue weighted by atomic mass is 16.5. The van der Waals surface area contributed by atoms with Gasteiger partial charge in [-0.15, -0.1) is 4.91 Å². The van der Waals surface area contributed by atoms with E-state index in [9.17, 15) is 24.1 Å². The Hall–Kier alpha value is -5.18. The zero-order chi connectivity index (χ0) is 42.8. The van der Waals surface area contributed by atoms with Gasteiger partial charge < -0.3 is 14.6 Å². The fourth-order valence-electron chi connectivity index (χ4n) is 7.19. The van der Waals surface area contributed by atoms with E-state index in [1.807, 2.05) is 24.3 Å². The van der Waals surface area contributed by atoms with Gasteiger partial charge in [-0.3, -0.25) is 19.2 Å². The lowest BCUT2D eigenvalue weighted by Gasteiger charge is -2.37. The number of hydrogen-bond donors (Lipinski definition) is 1. The van der Waals surface area contributed by atoms with Crippen LogP contribution in [0.5, 0.6) is 0 Å². The molecule has 2 aliphatic carbocycles.